The van der Waals surface area contributed by atoms with Gasteiger partial charge in [0.25, 0.3) is 0 Å². The van der Waals surface area contributed by atoms with E-state index in [1.807, 2.05) is 11.0 Å². The first-order valence-corrected chi connectivity index (χ1v) is 8.66. The maximum absolute atomic E-state index is 12.9. The van der Waals surface area contributed by atoms with Crippen LogP contribution >= 0.6 is 0 Å². The van der Waals surface area contributed by atoms with E-state index in [2.05, 4.69) is 18.8 Å². The Morgan fingerprint density at radius 2 is 2.17 bits per heavy atom. The van der Waals surface area contributed by atoms with Gasteiger partial charge in [0.1, 0.15) is 11.6 Å². The minimum absolute atomic E-state index is 0.108. The van der Waals surface area contributed by atoms with Crippen molar-refractivity contribution in [3.8, 4) is 5.75 Å². The largest absolute Gasteiger partial charge is 0.492 e. The number of fused-ring (bicyclic) bond motifs is 2. The van der Waals surface area contributed by atoms with Gasteiger partial charge in [0.15, 0.2) is 0 Å². The van der Waals surface area contributed by atoms with Crippen LogP contribution in [0.3, 0.4) is 0 Å². The predicted molar refractivity (Wildman–Crippen MR) is 86.6 cm³/mol. The molecule has 0 atom stereocenters. The van der Waals surface area contributed by atoms with Gasteiger partial charge in [0, 0.05) is 11.6 Å². The molecule has 0 aromatic carbocycles. The summed E-state index contributed by atoms with van der Waals surface area (Å²) in [6, 6.07) is 2.12. The molecule has 1 spiro atoms. The fraction of sp³-hybridized carbons (Fsp3) is 0.667. The topological polar surface area (TPSA) is 62.7 Å². The fourth-order valence-electron chi connectivity index (χ4n) is 3.63. The highest BCUT2D eigenvalue weighted by Gasteiger charge is 2.61. The van der Waals surface area contributed by atoms with Gasteiger partial charge in [-0.25, -0.2) is 4.98 Å². The van der Waals surface area contributed by atoms with Gasteiger partial charge in [-0.05, 0) is 44.1 Å². The molecule has 4 rings (SSSR count). The van der Waals surface area contributed by atoms with Crippen molar-refractivity contribution in [3.63, 3.8) is 0 Å². The van der Waals surface area contributed by atoms with Crippen LogP contribution in [0.2, 0.25) is 0 Å². The highest BCUT2D eigenvalue weighted by molar-refractivity contribution is 6.09. The molecular formula is C18H24N2O3. The first-order chi connectivity index (χ1) is 11.0. The van der Waals surface area contributed by atoms with Gasteiger partial charge in [-0.2, -0.15) is 0 Å². The molecule has 2 saturated carbocycles. The molecule has 1 aliphatic heterocycles. The van der Waals surface area contributed by atoms with Crippen molar-refractivity contribution in [2.24, 2.45) is 5.92 Å². The van der Waals surface area contributed by atoms with E-state index in [9.17, 15) is 9.90 Å². The van der Waals surface area contributed by atoms with Crippen molar-refractivity contribution >= 4 is 11.7 Å². The SMILES string of the molecule is CC(C)CCOc1cnc2c(c1)C1(CC1)C(=O)N2C1CC(O)C1. The smallest absolute Gasteiger partial charge is 0.239 e. The molecule has 0 saturated heterocycles. The first kappa shape index (κ1) is 14.9. The number of hydrogen-bond acceptors (Lipinski definition) is 4. The summed E-state index contributed by atoms with van der Waals surface area (Å²) in [7, 11) is 0. The van der Waals surface area contributed by atoms with Crippen LogP contribution in [0.15, 0.2) is 12.3 Å². The number of ether oxygens (including phenoxy) is 1. The van der Waals surface area contributed by atoms with E-state index in [1.54, 1.807) is 6.20 Å². The summed E-state index contributed by atoms with van der Waals surface area (Å²) in [6.07, 6.45) is 5.60. The normalized spacial score (nSPS) is 27.3. The summed E-state index contributed by atoms with van der Waals surface area (Å²) in [6.45, 7) is 5.03. The van der Waals surface area contributed by atoms with Gasteiger partial charge >= 0.3 is 0 Å². The maximum Gasteiger partial charge on any atom is 0.239 e. The Kier molecular flexibility index (Phi) is 3.38. The second-order valence-electron chi connectivity index (χ2n) is 7.61. The third-order valence-electron chi connectivity index (χ3n) is 5.38. The van der Waals surface area contributed by atoms with Gasteiger partial charge in [-0.3, -0.25) is 9.69 Å². The number of carbonyl (C=O) groups excluding carboxylic acids is 1. The molecule has 2 aliphatic carbocycles. The molecule has 1 aromatic heterocycles. The maximum atomic E-state index is 12.9. The van der Waals surface area contributed by atoms with Crippen LogP contribution in [-0.2, 0) is 10.2 Å². The van der Waals surface area contributed by atoms with Crippen LogP contribution in [0.5, 0.6) is 5.75 Å². The monoisotopic (exact) mass is 316 g/mol. The van der Waals surface area contributed by atoms with Gasteiger partial charge in [0.2, 0.25) is 5.91 Å². The van der Waals surface area contributed by atoms with Gasteiger partial charge in [-0.15, -0.1) is 0 Å². The summed E-state index contributed by atoms with van der Waals surface area (Å²) in [5.41, 5.74) is 0.686. The number of pyridine rings is 1. The molecule has 0 radical (unpaired) electrons. The average molecular weight is 316 g/mol. The van der Waals surface area contributed by atoms with E-state index in [4.69, 9.17) is 4.74 Å². The highest BCUT2D eigenvalue weighted by atomic mass is 16.5. The van der Waals surface area contributed by atoms with Crippen molar-refractivity contribution in [2.75, 3.05) is 11.5 Å². The van der Waals surface area contributed by atoms with Gasteiger partial charge < -0.3 is 9.84 Å². The molecule has 5 heteroatoms. The third-order valence-corrected chi connectivity index (χ3v) is 5.38. The lowest BCUT2D eigenvalue weighted by Gasteiger charge is -2.38. The summed E-state index contributed by atoms with van der Waals surface area (Å²) >= 11 is 0. The molecule has 2 fully saturated rings. The minimum atomic E-state index is -0.347. The van der Waals surface area contributed by atoms with Crippen molar-refractivity contribution in [2.45, 2.75) is 63.5 Å². The van der Waals surface area contributed by atoms with Crippen LogP contribution in [0.4, 0.5) is 5.82 Å². The Hall–Kier alpha value is -1.62. The molecule has 0 unspecified atom stereocenters. The number of aliphatic hydroxyl groups is 1. The van der Waals surface area contributed by atoms with E-state index >= 15 is 0 Å². The Morgan fingerprint density at radius 3 is 2.78 bits per heavy atom. The van der Waals surface area contributed by atoms with Crippen molar-refractivity contribution in [1.82, 2.24) is 4.98 Å². The van der Waals surface area contributed by atoms with E-state index in [0.717, 1.165) is 36.4 Å². The van der Waals surface area contributed by atoms with Crippen LogP contribution in [0.25, 0.3) is 0 Å². The Labute approximate surface area is 136 Å². The Balaban J connectivity index is 1.58. The van der Waals surface area contributed by atoms with Crippen molar-refractivity contribution < 1.29 is 14.6 Å². The minimum Gasteiger partial charge on any atom is -0.492 e. The van der Waals surface area contributed by atoms with Gasteiger partial charge in [-0.1, -0.05) is 13.8 Å². The molecule has 1 N–H and O–H groups in total. The van der Waals surface area contributed by atoms with Crippen molar-refractivity contribution in [1.29, 1.82) is 0 Å². The van der Waals surface area contributed by atoms with E-state index in [-0.39, 0.29) is 23.5 Å². The fourth-order valence-corrected chi connectivity index (χ4v) is 3.63. The number of rotatable bonds is 5. The van der Waals surface area contributed by atoms with Gasteiger partial charge in [0.05, 0.1) is 24.3 Å². The van der Waals surface area contributed by atoms with Crippen molar-refractivity contribution in [3.05, 3.63) is 17.8 Å². The quantitative estimate of drug-likeness (QED) is 0.906. The molecule has 23 heavy (non-hydrogen) atoms. The highest BCUT2D eigenvalue weighted by Crippen LogP contribution is 2.58. The van der Waals surface area contributed by atoms with E-state index < -0.39 is 0 Å². The lowest BCUT2D eigenvalue weighted by atomic mass is 9.88. The zero-order valence-electron chi connectivity index (χ0n) is 13.8. The number of anilines is 1. The molecule has 0 bridgehead atoms. The molecule has 124 valence electrons. The molecule has 1 amide bonds. The average Bonchev–Trinajstić information content (AvgIpc) is 3.23. The lowest BCUT2D eigenvalue weighted by molar-refractivity contribution is -0.121. The number of hydrogen-bond donors (Lipinski definition) is 1. The zero-order chi connectivity index (χ0) is 16.2. The summed E-state index contributed by atoms with van der Waals surface area (Å²) in [5, 5.41) is 9.57. The summed E-state index contributed by atoms with van der Waals surface area (Å²) in [5.74, 6) is 2.34. The standard InChI is InChI=1S/C18H24N2O3/c1-11(2)3-6-23-14-9-15-16(19-10-14)20(12-7-13(21)8-12)17(22)18(15)4-5-18/h9-13,21H,3-8H2,1-2H3. The van der Waals surface area contributed by atoms with Crippen LogP contribution < -0.4 is 9.64 Å². The number of aromatic nitrogens is 1. The van der Waals surface area contributed by atoms with Crippen LogP contribution in [-0.4, -0.2) is 34.8 Å². The van der Waals surface area contributed by atoms with Crippen LogP contribution in [0.1, 0.15) is 51.5 Å². The molecule has 2 heterocycles. The van der Waals surface area contributed by atoms with E-state index in [0.29, 0.717) is 25.4 Å². The molecular weight excluding hydrogens is 292 g/mol. The molecule has 3 aliphatic rings. The number of nitrogens with zero attached hydrogens (tertiary/aromatic N) is 2. The molecule has 5 nitrogen and oxygen atoms in total. The Bertz CT molecular complexity index is 633. The lowest BCUT2D eigenvalue weighted by Crippen LogP contribution is -2.50. The number of carbonyl (C=O) groups is 1. The van der Waals surface area contributed by atoms with Crippen LogP contribution in [0, 0.1) is 5.92 Å². The second-order valence-corrected chi connectivity index (χ2v) is 7.61. The van der Waals surface area contributed by atoms with E-state index in [1.165, 1.54) is 0 Å². The number of aliphatic hydroxyl groups excluding tert-OH is 1. The summed E-state index contributed by atoms with van der Waals surface area (Å²) in [4.78, 5) is 19.3. The molecule has 1 aromatic rings. The summed E-state index contributed by atoms with van der Waals surface area (Å²) < 4.78 is 5.82. The Morgan fingerprint density at radius 1 is 1.43 bits per heavy atom. The zero-order valence-corrected chi connectivity index (χ0v) is 13.8. The number of amides is 1. The second kappa shape index (κ2) is 5.20. The first-order valence-electron chi connectivity index (χ1n) is 8.66. The third kappa shape index (κ3) is 2.33. The predicted octanol–water partition coefficient (Wildman–Crippen LogP) is 2.41.